The van der Waals surface area contributed by atoms with Crippen molar-refractivity contribution >= 4 is 0 Å². The summed E-state index contributed by atoms with van der Waals surface area (Å²) in [6.07, 6.45) is 7.97. The van der Waals surface area contributed by atoms with Gasteiger partial charge in [-0.15, -0.1) is 10.2 Å². The fourth-order valence-corrected chi connectivity index (χ4v) is 6.51. The van der Waals surface area contributed by atoms with Gasteiger partial charge in [0.05, 0.1) is 7.11 Å². The molecule has 5 heteroatoms. The number of ether oxygens (including phenoxy) is 2. The molecule has 4 bridgehead atoms. The summed E-state index contributed by atoms with van der Waals surface area (Å²) in [5, 5.41) is 8.97. The molecule has 0 spiro atoms. The van der Waals surface area contributed by atoms with Gasteiger partial charge in [-0.3, -0.25) is 0 Å². The highest BCUT2D eigenvalue weighted by atomic mass is 16.5. The number of nitrogens with zero attached hydrogens (tertiary/aromatic N) is 2. The van der Waals surface area contributed by atoms with Gasteiger partial charge in [0.2, 0.25) is 11.8 Å². The molecule has 2 aromatic carbocycles. The van der Waals surface area contributed by atoms with Crippen LogP contribution in [0.3, 0.4) is 0 Å². The van der Waals surface area contributed by atoms with Gasteiger partial charge in [-0.05, 0) is 98.2 Å². The van der Waals surface area contributed by atoms with Gasteiger partial charge in [-0.2, -0.15) is 0 Å². The molecule has 0 radical (unpaired) electrons. The normalized spacial score (nSPS) is 28.6. The van der Waals surface area contributed by atoms with Crippen molar-refractivity contribution in [1.82, 2.24) is 10.2 Å². The average molecular weight is 417 g/mol. The number of hydrogen-bond donors (Lipinski definition) is 0. The number of benzene rings is 2. The lowest BCUT2D eigenvalue weighted by molar-refractivity contribution is -0.0176. The van der Waals surface area contributed by atoms with Gasteiger partial charge in [0, 0.05) is 11.0 Å². The highest BCUT2D eigenvalue weighted by Gasteiger charge is 2.54. The summed E-state index contributed by atoms with van der Waals surface area (Å²) >= 11 is 0. The molecule has 0 saturated heterocycles. The van der Waals surface area contributed by atoms with Crippen molar-refractivity contribution in [3.63, 3.8) is 0 Å². The number of aromatic nitrogens is 2. The summed E-state index contributed by atoms with van der Waals surface area (Å²) in [4.78, 5) is 0. The topological polar surface area (TPSA) is 57.4 Å². The molecule has 160 valence electrons. The van der Waals surface area contributed by atoms with E-state index in [9.17, 15) is 0 Å². The molecule has 5 nitrogen and oxygen atoms in total. The second-order valence-corrected chi connectivity index (χ2v) is 9.77. The van der Waals surface area contributed by atoms with E-state index in [1.807, 2.05) is 36.4 Å². The lowest BCUT2D eigenvalue weighted by atomic mass is 9.49. The first-order valence-corrected chi connectivity index (χ1v) is 11.4. The third-order valence-corrected chi connectivity index (χ3v) is 7.58. The Kier molecular flexibility index (Phi) is 4.51. The van der Waals surface area contributed by atoms with Gasteiger partial charge in [-0.25, -0.2) is 0 Å². The van der Waals surface area contributed by atoms with Crippen LogP contribution in [-0.4, -0.2) is 17.3 Å². The molecule has 0 atom stereocenters. The highest BCUT2D eigenvalue weighted by molar-refractivity contribution is 5.53. The first-order valence-electron chi connectivity index (χ1n) is 11.4. The summed E-state index contributed by atoms with van der Waals surface area (Å²) in [6.45, 7) is 0.509. The van der Waals surface area contributed by atoms with Crippen molar-refractivity contribution in [1.29, 1.82) is 0 Å². The quantitative estimate of drug-likeness (QED) is 0.509. The smallest absolute Gasteiger partial charge is 0.247 e. The first kappa shape index (κ1) is 18.9. The van der Waals surface area contributed by atoms with Crippen LogP contribution in [0.5, 0.6) is 11.5 Å². The van der Waals surface area contributed by atoms with Gasteiger partial charge in [-0.1, -0.05) is 12.1 Å². The molecule has 4 aliphatic rings. The van der Waals surface area contributed by atoms with Crippen LogP contribution in [0.4, 0.5) is 0 Å². The molecule has 0 aliphatic heterocycles. The van der Waals surface area contributed by atoms with E-state index >= 15 is 0 Å². The second-order valence-electron chi connectivity index (χ2n) is 9.77. The summed E-state index contributed by atoms with van der Waals surface area (Å²) < 4.78 is 17.3. The van der Waals surface area contributed by atoms with Crippen LogP contribution >= 0.6 is 0 Å². The van der Waals surface area contributed by atoms with E-state index in [1.54, 1.807) is 7.11 Å². The molecule has 0 unspecified atom stereocenters. The maximum atomic E-state index is 6.28. The Labute approximate surface area is 182 Å². The maximum absolute atomic E-state index is 6.28. The Morgan fingerprint density at radius 3 is 2.06 bits per heavy atom. The van der Waals surface area contributed by atoms with Crippen molar-refractivity contribution in [3.8, 4) is 23.0 Å². The minimum absolute atomic E-state index is 0.145. The zero-order valence-electron chi connectivity index (χ0n) is 17.9. The molecular weight excluding hydrogens is 388 g/mol. The van der Waals surface area contributed by atoms with Crippen molar-refractivity contribution in [2.24, 2.45) is 17.8 Å². The minimum atomic E-state index is 0.145. The Balaban J connectivity index is 1.14. The molecule has 31 heavy (non-hydrogen) atoms. The molecule has 3 aromatic rings. The fourth-order valence-electron chi connectivity index (χ4n) is 6.51. The summed E-state index contributed by atoms with van der Waals surface area (Å²) in [5.74, 6) is 5.76. The van der Waals surface area contributed by atoms with Gasteiger partial charge >= 0.3 is 0 Å². The van der Waals surface area contributed by atoms with Crippen LogP contribution in [0.15, 0.2) is 52.9 Å². The van der Waals surface area contributed by atoms with Crippen LogP contribution in [-0.2, 0) is 12.0 Å². The van der Waals surface area contributed by atoms with E-state index in [-0.39, 0.29) is 5.41 Å². The molecule has 0 N–H and O–H groups in total. The summed E-state index contributed by atoms with van der Waals surface area (Å²) in [5.41, 5.74) is 2.21. The van der Waals surface area contributed by atoms with E-state index in [2.05, 4.69) is 22.3 Å². The van der Waals surface area contributed by atoms with Crippen LogP contribution in [0.1, 0.15) is 50.0 Å². The molecule has 4 fully saturated rings. The Morgan fingerprint density at radius 2 is 1.45 bits per heavy atom. The molecule has 1 heterocycles. The lowest BCUT2D eigenvalue weighted by Crippen LogP contribution is -2.48. The van der Waals surface area contributed by atoms with E-state index in [0.717, 1.165) is 46.3 Å². The lowest BCUT2D eigenvalue weighted by Gasteiger charge is -2.55. The van der Waals surface area contributed by atoms with E-state index < -0.39 is 0 Å². The Morgan fingerprint density at radius 1 is 0.839 bits per heavy atom. The predicted octanol–water partition coefficient (Wildman–Crippen LogP) is 5.79. The molecule has 0 amide bonds. The standard InChI is InChI=1S/C26H28N2O3/c1-29-22-6-8-23(9-7-22)30-16-17-2-4-21(5-3-17)24-27-28-25(31-24)26-13-18-10-19(14-26)12-20(11-18)15-26/h2-9,18-20H,10-16H2,1H3. The summed E-state index contributed by atoms with van der Waals surface area (Å²) in [6, 6.07) is 15.8. The minimum Gasteiger partial charge on any atom is -0.497 e. The van der Waals surface area contributed by atoms with Crippen molar-refractivity contribution in [2.45, 2.75) is 50.5 Å². The van der Waals surface area contributed by atoms with E-state index in [1.165, 1.54) is 38.5 Å². The van der Waals surface area contributed by atoms with Crippen LogP contribution < -0.4 is 9.47 Å². The SMILES string of the molecule is COc1ccc(OCc2ccc(-c3nnc(C45CC6CC(CC(C6)C4)C5)o3)cc2)cc1. The molecule has 4 saturated carbocycles. The zero-order valence-corrected chi connectivity index (χ0v) is 17.9. The molecule has 1 aromatic heterocycles. The van der Waals surface area contributed by atoms with Gasteiger partial charge < -0.3 is 13.9 Å². The largest absolute Gasteiger partial charge is 0.497 e. The first-order chi connectivity index (χ1) is 15.2. The number of hydrogen-bond acceptors (Lipinski definition) is 5. The van der Waals surface area contributed by atoms with Crippen molar-refractivity contribution in [2.75, 3.05) is 7.11 Å². The Bertz CT molecular complexity index is 1020. The molecular formula is C26H28N2O3. The van der Waals surface area contributed by atoms with E-state index in [4.69, 9.17) is 13.9 Å². The van der Waals surface area contributed by atoms with E-state index in [0.29, 0.717) is 12.5 Å². The molecule has 7 rings (SSSR count). The van der Waals surface area contributed by atoms with Crippen LogP contribution in [0.25, 0.3) is 11.5 Å². The number of rotatable bonds is 6. The fraction of sp³-hybridized carbons (Fsp3) is 0.462. The average Bonchev–Trinajstić information content (AvgIpc) is 3.29. The zero-order chi connectivity index (χ0) is 20.8. The van der Waals surface area contributed by atoms with Gasteiger partial charge in [0.1, 0.15) is 18.1 Å². The number of methoxy groups -OCH3 is 1. The Hall–Kier alpha value is -2.82. The third-order valence-electron chi connectivity index (χ3n) is 7.58. The molecule has 4 aliphatic carbocycles. The maximum Gasteiger partial charge on any atom is 0.247 e. The van der Waals surface area contributed by atoms with Gasteiger partial charge in [0.15, 0.2) is 0 Å². The second kappa shape index (κ2) is 7.40. The predicted molar refractivity (Wildman–Crippen MR) is 117 cm³/mol. The van der Waals surface area contributed by atoms with Gasteiger partial charge in [0.25, 0.3) is 0 Å². The third kappa shape index (κ3) is 3.50. The van der Waals surface area contributed by atoms with Crippen molar-refractivity contribution in [3.05, 3.63) is 60.0 Å². The summed E-state index contributed by atoms with van der Waals surface area (Å²) in [7, 11) is 1.66. The monoisotopic (exact) mass is 416 g/mol. The van der Waals surface area contributed by atoms with Crippen LogP contribution in [0.2, 0.25) is 0 Å². The van der Waals surface area contributed by atoms with Crippen molar-refractivity contribution < 1.29 is 13.9 Å². The van der Waals surface area contributed by atoms with Crippen LogP contribution in [0, 0.1) is 17.8 Å². The highest BCUT2D eigenvalue weighted by Crippen LogP contribution is 2.60.